The number of benzene rings is 1. The smallest absolute Gasteiger partial charge is 0.138 e. The van der Waals surface area contributed by atoms with E-state index in [4.69, 9.17) is 11.5 Å². The van der Waals surface area contributed by atoms with E-state index in [1.54, 1.807) is 0 Å². The Balaban J connectivity index is 1.31. The maximum absolute atomic E-state index is 10.9. The second-order valence-electron chi connectivity index (χ2n) is 9.02. The molecule has 0 bridgehead atoms. The molecule has 8 nitrogen and oxygen atoms in total. The Labute approximate surface area is 194 Å². The first kappa shape index (κ1) is 21.4. The number of aliphatic hydroxyl groups excluding tert-OH is 2. The van der Waals surface area contributed by atoms with Crippen molar-refractivity contribution < 1.29 is 10.2 Å². The third-order valence-corrected chi connectivity index (χ3v) is 7.60. The second-order valence-corrected chi connectivity index (χ2v) is 9.87. The zero-order valence-corrected chi connectivity index (χ0v) is 19.4. The van der Waals surface area contributed by atoms with Crippen molar-refractivity contribution >= 4 is 44.3 Å². The molecule has 5 rings (SSSR count). The first-order chi connectivity index (χ1) is 15.3. The molecule has 3 heterocycles. The Bertz CT molecular complexity index is 1170. The molecule has 0 saturated heterocycles. The Hall–Kier alpha value is -2.49. The van der Waals surface area contributed by atoms with Gasteiger partial charge in [0.15, 0.2) is 0 Å². The average molecular weight is 499 g/mol. The van der Waals surface area contributed by atoms with Crippen LogP contribution in [0.4, 0.5) is 17.5 Å². The topological polar surface area (TPSA) is 134 Å². The molecule has 0 spiro atoms. The van der Waals surface area contributed by atoms with Crippen molar-refractivity contribution in [2.24, 2.45) is 5.92 Å². The average Bonchev–Trinajstić information content (AvgIpc) is 3.25. The van der Waals surface area contributed by atoms with E-state index in [1.807, 2.05) is 18.2 Å². The largest absolute Gasteiger partial charge is 0.390 e. The number of anilines is 3. The number of rotatable bonds is 4. The van der Waals surface area contributed by atoms with Crippen LogP contribution in [0.3, 0.4) is 0 Å². The molecule has 168 valence electrons. The summed E-state index contributed by atoms with van der Waals surface area (Å²) in [5, 5.41) is 22.7. The third-order valence-electron chi connectivity index (χ3n) is 6.97. The third kappa shape index (κ3) is 3.58. The molecule has 6 N–H and O–H groups in total. The summed E-state index contributed by atoms with van der Waals surface area (Å²) in [6.45, 7) is 2.81. The molecule has 5 atom stereocenters. The molecule has 32 heavy (non-hydrogen) atoms. The van der Waals surface area contributed by atoms with Gasteiger partial charge in [0.2, 0.25) is 0 Å². The van der Waals surface area contributed by atoms with Gasteiger partial charge in [0.25, 0.3) is 0 Å². The number of nitrogens with zero attached hydrogens (tertiary/aromatic N) is 4. The number of halogens is 1. The molecule has 9 heteroatoms. The second kappa shape index (κ2) is 8.13. The van der Waals surface area contributed by atoms with Crippen molar-refractivity contribution in [2.75, 3.05) is 22.9 Å². The van der Waals surface area contributed by atoms with Gasteiger partial charge in [-0.05, 0) is 58.8 Å². The van der Waals surface area contributed by atoms with Crippen molar-refractivity contribution in [1.29, 1.82) is 0 Å². The van der Waals surface area contributed by atoms with Crippen LogP contribution in [-0.2, 0) is 6.42 Å². The molecule has 2 aromatic heterocycles. The fraction of sp³-hybridized carbons (Fsp3) is 0.435. The van der Waals surface area contributed by atoms with E-state index in [9.17, 15) is 10.2 Å². The lowest BCUT2D eigenvalue weighted by molar-refractivity contribution is 0.0130. The van der Waals surface area contributed by atoms with Gasteiger partial charge in [0.1, 0.15) is 29.9 Å². The Morgan fingerprint density at radius 2 is 1.94 bits per heavy atom. The molecule has 1 aromatic carbocycles. The van der Waals surface area contributed by atoms with Gasteiger partial charge >= 0.3 is 0 Å². The zero-order valence-electron chi connectivity index (χ0n) is 17.8. The highest BCUT2D eigenvalue weighted by atomic mass is 79.9. The lowest BCUT2D eigenvalue weighted by atomic mass is 9.95. The maximum atomic E-state index is 10.9. The van der Waals surface area contributed by atoms with Gasteiger partial charge in [-0.1, -0.05) is 19.1 Å². The first-order valence-corrected chi connectivity index (χ1v) is 11.7. The summed E-state index contributed by atoms with van der Waals surface area (Å²) in [4.78, 5) is 15.1. The number of fused-ring (bicyclic) bond motifs is 2. The van der Waals surface area contributed by atoms with E-state index in [1.165, 1.54) is 6.33 Å². The van der Waals surface area contributed by atoms with Crippen molar-refractivity contribution in [1.82, 2.24) is 15.0 Å². The minimum Gasteiger partial charge on any atom is -0.390 e. The number of hydrogen-bond donors (Lipinski definition) is 4. The maximum Gasteiger partial charge on any atom is 0.138 e. The Morgan fingerprint density at radius 3 is 2.75 bits per heavy atom. The van der Waals surface area contributed by atoms with E-state index >= 15 is 0 Å². The molecule has 1 fully saturated rings. The molecule has 4 unspecified atom stereocenters. The minimum atomic E-state index is -0.829. The van der Waals surface area contributed by atoms with Gasteiger partial charge in [-0.2, -0.15) is 0 Å². The van der Waals surface area contributed by atoms with Gasteiger partial charge in [0.05, 0.1) is 22.1 Å². The summed E-state index contributed by atoms with van der Waals surface area (Å²) in [6, 6.07) is 7.94. The predicted molar refractivity (Wildman–Crippen MR) is 128 cm³/mol. The summed E-state index contributed by atoms with van der Waals surface area (Å²) in [6.07, 6.45) is 2.12. The van der Waals surface area contributed by atoms with Crippen LogP contribution in [0.2, 0.25) is 0 Å². The van der Waals surface area contributed by atoms with Crippen LogP contribution >= 0.6 is 15.9 Å². The monoisotopic (exact) mass is 498 g/mol. The Kier molecular flexibility index (Phi) is 5.43. The number of nitrogen functional groups attached to an aromatic ring is 2. The van der Waals surface area contributed by atoms with E-state index in [2.05, 4.69) is 48.8 Å². The van der Waals surface area contributed by atoms with Crippen LogP contribution in [0.15, 0.2) is 35.1 Å². The van der Waals surface area contributed by atoms with Crippen LogP contribution in [0.25, 0.3) is 10.9 Å². The van der Waals surface area contributed by atoms with Crippen LogP contribution in [0.1, 0.15) is 36.8 Å². The van der Waals surface area contributed by atoms with Crippen LogP contribution < -0.4 is 16.4 Å². The highest BCUT2D eigenvalue weighted by Gasteiger charge is 2.46. The quantitative estimate of drug-likeness (QED) is 0.431. The van der Waals surface area contributed by atoms with Crippen molar-refractivity contribution in [3.8, 4) is 0 Å². The predicted octanol–water partition coefficient (Wildman–Crippen LogP) is 2.62. The molecule has 1 aliphatic carbocycles. The number of nitrogens with two attached hydrogens (primary N) is 2. The highest BCUT2D eigenvalue weighted by Crippen LogP contribution is 2.43. The first-order valence-electron chi connectivity index (χ1n) is 10.9. The number of aryl methyl sites for hydroxylation is 1. The fourth-order valence-electron chi connectivity index (χ4n) is 5.27. The van der Waals surface area contributed by atoms with Crippen LogP contribution in [-0.4, -0.2) is 50.0 Å². The molecule has 3 aromatic rings. The van der Waals surface area contributed by atoms with Crippen LogP contribution in [0, 0.1) is 5.92 Å². The fourth-order valence-corrected chi connectivity index (χ4v) is 5.61. The summed E-state index contributed by atoms with van der Waals surface area (Å²) in [7, 11) is 0. The van der Waals surface area contributed by atoms with Gasteiger partial charge in [-0.25, -0.2) is 15.0 Å². The van der Waals surface area contributed by atoms with Crippen molar-refractivity contribution in [2.45, 2.75) is 50.4 Å². The molecule has 1 saturated carbocycles. The van der Waals surface area contributed by atoms with Gasteiger partial charge in [-0.3, -0.25) is 0 Å². The summed E-state index contributed by atoms with van der Waals surface area (Å²) in [5.74, 6) is 1.93. The molecular weight excluding hydrogens is 472 g/mol. The van der Waals surface area contributed by atoms with E-state index in [-0.39, 0.29) is 17.9 Å². The van der Waals surface area contributed by atoms with E-state index in [0.717, 1.165) is 45.2 Å². The summed E-state index contributed by atoms with van der Waals surface area (Å²) in [5.41, 5.74) is 14.9. The Morgan fingerprint density at radius 1 is 1.12 bits per heavy atom. The van der Waals surface area contributed by atoms with Gasteiger partial charge in [0, 0.05) is 23.4 Å². The lowest BCUT2D eigenvalue weighted by Crippen LogP contribution is -2.43. The van der Waals surface area contributed by atoms with Crippen molar-refractivity contribution in [3.63, 3.8) is 0 Å². The van der Waals surface area contributed by atoms with E-state index in [0.29, 0.717) is 24.6 Å². The molecule has 0 amide bonds. The highest BCUT2D eigenvalue weighted by molar-refractivity contribution is 9.10. The van der Waals surface area contributed by atoms with Gasteiger partial charge in [-0.15, -0.1) is 0 Å². The van der Waals surface area contributed by atoms with Crippen LogP contribution in [0.5, 0.6) is 0 Å². The molecule has 1 aliphatic heterocycles. The van der Waals surface area contributed by atoms with Crippen molar-refractivity contribution in [3.05, 3.63) is 46.2 Å². The number of aromatic nitrogens is 3. The molecule has 0 radical (unpaired) electrons. The lowest BCUT2D eigenvalue weighted by Gasteiger charge is -2.29. The minimum absolute atomic E-state index is 0.00724. The normalized spacial score (nSPS) is 27.2. The number of pyridine rings is 1. The number of aliphatic hydroxyl groups is 2. The standard InChI is InChI=1S/C23H27BrN6O2/c1-11-9-30(23-18(11)22(26)27-10-28-23)17-8-14(19(31)20(17)32)5-3-12-2-4-13-7-15(24)21(25)29-16(13)6-12/h2,4,6-7,10-11,14,17,19-20,31-32H,3,5,8-9H2,1H3,(H2,25,29)(H2,26,27,28)/t11?,14?,17?,19?,20-/m1/s1. The zero-order chi connectivity index (χ0) is 22.6. The summed E-state index contributed by atoms with van der Waals surface area (Å²) >= 11 is 3.42. The molecule has 2 aliphatic rings. The SMILES string of the molecule is CC1CN(C2CC(CCc3ccc4cc(Br)c(N)nc4c3)C(O)[C@@H]2O)c2ncnc(N)c21. The molecular formula is C23H27BrN6O2. The van der Waals surface area contributed by atoms with Gasteiger partial charge < -0.3 is 26.6 Å². The summed E-state index contributed by atoms with van der Waals surface area (Å²) < 4.78 is 0.789. The van der Waals surface area contributed by atoms with E-state index < -0.39 is 12.2 Å². The number of hydrogen-bond acceptors (Lipinski definition) is 8.